The van der Waals surface area contributed by atoms with Crippen LogP contribution < -0.4 is 14.9 Å². The third-order valence-corrected chi connectivity index (χ3v) is 6.90. The standard InChI is InChI=1S/C23H23N5O5S/c1-16-4-10-20(14-21(16)28(30)31)34(32,33)26-18-7-5-17(6-8-18)23(29)25-19-9-11-22(24-15-19)27-12-2-3-13-27/h4-11,14-15,26H,2-3,12-13H2,1H3,(H,25,29). The van der Waals surface area contributed by atoms with Crippen molar-refractivity contribution in [3.63, 3.8) is 0 Å². The van der Waals surface area contributed by atoms with Crippen LogP contribution in [0.2, 0.25) is 0 Å². The van der Waals surface area contributed by atoms with Crippen LogP contribution in [-0.4, -0.2) is 37.3 Å². The molecule has 0 radical (unpaired) electrons. The van der Waals surface area contributed by atoms with Crippen molar-refractivity contribution >= 4 is 38.8 Å². The maximum Gasteiger partial charge on any atom is 0.273 e. The largest absolute Gasteiger partial charge is 0.357 e. The molecule has 2 N–H and O–H groups in total. The predicted molar refractivity (Wildman–Crippen MR) is 129 cm³/mol. The Kier molecular flexibility index (Phi) is 6.46. The summed E-state index contributed by atoms with van der Waals surface area (Å²) < 4.78 is 27.7. The molecule has 3 aromatic rings. The van der Waals surface area contributed by atoms with Gasteiger partial charge in [0, 0.05) is 36.0 Å². The van der Waals surface area contributed by atoms with Gasteiger partial charge in [-0.05, 0) is 62.2 Å². The maximum atomic E-state index is 12.6. The van der Waals surface area contributed by atoms with Crippen molar-refractivity contribution in [2.45, 2.75) is 24.7 Å². The van der Waals surface area contributed by atoms with Crippen LogP contribution in [0.1, 0.15) is 28.8 Å². The molecular weight excluding hydrogens is 458 g/mol. The third kappa shape index (κ3) is 5.15. The molecule has 1 aliphatic rings. The van der Waals surface area contributed by atoms with Crippen LogP contribution in [0.5, 0.6) is 0 Å². The molecule has 0 saturated carbocycles. The van der Waals surface area contributed by atoms with Crippen molar-refractivity contribution in [1.29, 1.82) is 0 Å². The van der Waals surface area contributed by atoms with Crippen LogP contribution >= 0.6 is 0 Å². The van der Waals surface area contributed by atoms with Crippen LogP contribution in [0.25, 0.3) is 0 Å². The molecule has 0 unspecified atom stereocenters. The summed E-state index contributed by atoms with van der Waals surface area (Å²) in [6.07, 6.45) is 3.91. The number of sulfonamides is 1. The van der Waals surface area contributed by atoms with Gasteiger partial charge in [0.25, 0.3) is 21.6 Å². The van der Waals surface area contributed by atoms with Gasteiger partial charge in [-0.3, -0.25) is 19.6 Å². The number of hydrogen-bond acceptors (Lipinski definition) is 7. The summed E-state index contributed by atoms with van der Waals surface area (Å²) in [5.41, 5.74) is 1.19. The van der Waals surface area contributed by atoms with E-state index in [1.807, 2.05) is 6.07 Å². The number of nitrogens with zero attached hydrogens (tertiary/aromatic N) is 3. The number of nitro groups is 1. The molecule has 0 aliphatic carbocycles. The number of aryl methyl sites for hydroxylation is 1. The number of pyridine rings is 1. The lowest BCUT2D eigenvalue weighted by atomic mass is 10.2. The number of hydrogen-bond donors (Lipinski definition) is 2. The number of nitrogens with one attached hydrogen (secondary N) is 2. The number of carbonyl (C=O) groups is 1. The first-order valence-electron chi connectivity index (χ1n) is 10.6. The highest BCUT2D eigenvalue weighted by Gasteiger charge is 2.20. The quantitative estimate of drug-likeness (QED) is 0.385. The van der Waals surface area contributed by atoms with E-state index in [4.69, 9.17) is 0 Å². The summed E-state index contributed by atoms with van der Waals surface area (Å²) in [5.74, 6) is 0.519. The zero-order chi connectivity index (χ0) is 24.3. The SMILES string of the molecule is Cc1ccc(S(=O)(=O)Nc2ccc(C(=O)Nc3ccc(N4CCCC4)nc3)cc2)cc1[N+](=O)[O-]. The Morgan fingerprint density at radius 3 is 2.32 bits per heavy atom. The maximum absolute atomic E-state index is 12.6. The van der Waals surface area contributed by atoms with Gasteiger partial charge in [-0.15, -0.1) is 0 Å². The Labute approximate surface area is 196 Å². The van der Waals surface area contributed by atoms with Gasteiger partial charge in [-0.2, -0.15) is 0 Å². The molecule has 4 rings (SSSR count). The summed E-state index contributed by atoms with van der Waals surface area (Å²) in [4.78, 5) is 29.4. The van der Waals surface area contributed by atoms with Crippen molar-refractivity contribution in [1.82, 2.24) is 4.98 Å². The van der Waals surface area contributed by atoms with E-state index < -0.39 is 14.9 Å². The minimum atomic E-state index is -4.05. The highest BCUT2D eigenvalue weighted by molar-refractivity contribution is 7.92. The summed E-state index contributed by atoms with van der Waals surface area (Å²) in [7, 11) is -4.05. The number of amides is 1. The van der Waals surface area contributed by atoms with Crippen LogP contribution in [0.15, 0.2) is 65.7 Å². The van der Waals surface area contributed by atoms with Crippen molar-refractivity contribution in [2.75, 3.05) is 28.0 Å². The highest BCUT2D eigenvalue weighted by Crippen LogP contribution is 2.24. The fraction of sp³-hybridized carbons (Fsp3) is 0.217. The van der Waals surface area contributed by atoms with E-state index >= 15 is 0 Å². The molecule has 0 bridgehead atoms. The summed E-state index contributed by atoms with van der Waals surface area (Å²) in [5, 5.41) is 13.9. The summed E-state index contributed by atoms with van der Waals surface area (Å²) >= 11 is 0. The van der Waals surface area contributed by atoms with Gasteiger partial charge in [0.1, 0.15) is 5.82 Å². The second-order valence-electron chi connectivity index (χ2n) is 7.94. The van der Waals surface area contributed by atoms with Crippen LogP contribution in [0.4, 0.5) is 22.9 Å². The molecule has 2 aromatic carbocycles. The molecule has 1 aromatic heterocycles. The Bertz CT molecular complexity index is 1320. The first-order valence-corrected chi connectivity index (χ1v) is 12.1. The highest BCUT2D eigenvalue weighted by atomic mass is 32.2. The third-order valence-electron chi connectivity index (χ3n) is 5.52. The number of anilines is 3. The van der Waals surface area contributed by atoms with Gasteiger partial charge >= 0.3 is 0 Å². The molecule has 2 heterocycles. The molecule has 34 heavy (non-hydrogen) atoms. The summed E-state index contributed by atoms with van der Waals surface area (Å²) in [6.45, 7) is 3.49. The Balaban J connectivity index is 1.42. The van der Waals surface area contributed by atoms with Crippen molar-refractivity contribution < 1.29 is 18.1 Å². The van der Waals surface area contributed by atoms with Gasteiger partial charge in [0.2, 0.25) is 0 Å². The Hall–Kier alpha value is -3.99. The van der Waals surface area contributed by atoms with E-state index in [9.17, 15) is 23.3 Å². The molecule has 0 atom stereocenters. The molecule has 1 fully saturated rings. The number of benzene rings is 2. The first-order chi connectivity index (χ1) is 16.2. The molecule has 1 amide bonds. The van der Waals surface area contributed by atoms with E-state index in [1.54, 1.807) is 12.3 Å². The second kappa shape index (κ2) is 9.48. The molecular formula is C23H23N5O5S. The second-order valence-corrected chi connectivity index (χ2v) is 9.62. The lowest BCUT2D eigenvalue weighted by molar-refractivity contribution is -0.385. The smallest absolute Gasteiger partial charge is 0.273 e. The van der Waals surface area contributed by atoms with Crippen molar-refractivity contribution in [2.24, 2.45) is 0 Å². The summed E-state index contributed by atoms with van der Waals surface area (Å²) in [6, 6.07) is 13.2. The van der Waals surface area contributed by atoms with Crippen LogP contribution in [0, 0.1) is 17.0 Å². The van der Waals surface area contributed by atoms with E-state index in [2.05, 4.69) is 19.9 Å². The Morgan fingerprint density at radius 1 is 1.03 bits per heavy atom. The topological polar surface area (TPSA) is 135 Å². The first kappa shape index (κ1) is 23.2. The van der Waals surface area contributed by atoms with E-state index in [-0.39, 0.29) is 22.2 Å². The van der Waals surface area contributed by atoms with E-state index in [1.165, 1.54) is 43.3 Å². The number of rotatable bonds is 7. The lowest BCUT2D eigenvalue weighted by Gasteiger charge is -2.16. The fourth-order valence-electron chi connectivity index (χ4n) is 3.65. The average molecular weight is 482 g/mol. The van der Waals surface area contributed by atoms with Crippen molar-refractivity contribution in [3.8, 4) is 0 Å². The van der Waals surface area contributed by atoms with Gasteiger partial charge in [-0.1, -0.05) is 6.07 Å². The van der Waals surface area contributed by atoms with Gasteiger partial charge in [0.05, 0.1) is 21.7 Å². The van der Waals surface area contributed by atoms with Crippen molar-refractivity contribution in [3.05, 3.63) is 82.0 Å². The minimum Gasteiger partial charge on any atom is -0.357 e. The van der Waals surface area contributed by atoms with E-state index in [0.717, 1.165) is 37.8 Å². The molecule has 11 heteroatoms. The predicted octanol–water partition coefficient (Wildman–Crippen LogP) is 3.95. The number of nitro benzene ring substituents is 1. The van der Waals surface area contributed by atoms with Gasteiger partial charge < -0.3 is 10.2 Å². The molecule has 0 spiro atoms. The average Bonchev–Trinajstić information content (AvgIpc) is 3.35. The zero-order valence-corrected chi connectivity index (χ0v) is 19.2. The molecule has 10 nitrogen and oxygen atoms in total. The molecule has 176 valence electrons. The molecule has 1 aliphatic heterocycles. The van der Waals surface area contributed by atoms with Crippen LogP contribution in [-0.2, 0) is 10.0 Å². The number of aromatic nitrogens is 1. The fourth-order valence-corrected chi connectivity index (χ4v) is 4.73. The minimum absolute atomic E-state index is 0.219. The zero-order valence-electron chi connectivity index (χ0n) is 18.4. The number of carbonyl (C=O) groups excluding carboxylic acids is 1. The molecule has 1 saturated heterocycles. The Morgan fingerprint density at radius 2 is 1.71 bits per heavy atom. The van der Waals surface area contributed by atoms with Gasteiger partial charge in [-0.25, -0.2) is 13.4 Å². The normalized spacial score (nSPS) is 13.5. The monoisotopic (exact) mass is 481 g/mol. The lowest BCUT2D eigenvalue weighted by Crippen LogP contribution is -2.19. The van der Waals surface area contributed by atoms with Crippen LogP contribution in [0.3, 0.4) is 0 Å². The van der Waals surface area contributed by atoms with Gasteiger partial charge in [0.15, 0.2) is 0 Å². The van der Waals surface area contributed by atoms with E-state index in [0.29, 0.717) is 16.8 Å².